The van der Waals surface area contributed by atoms with E-state index in [2.05, 4.69) is 15.3 Å². The lowest BCUT2D eigenvalue weighted by Crippen LogP contribution is -2.31. The highest BCUT2D eigenvalue weighted by Crippen LogP contribution is 2.10. The highest BCUT2D eigenvalue weighted by molar-refractivity contribution is 5.89. The molecule has 1 amide bonds. The number of hydrogen-bond acceptors (Lipinski definition) is 5. The predicted octanol–water partition coefficient (Wildman–Crippen LogP) is 1.51. The Morgan fingerprint density at radius 3 is 2.67 bits per heavy atom. The fourth-order valence-electron chi connectivity index (χ4n) is 1.72. The Balaban J connectivity index is 1.81. The molecule has 6 nitrogen and oxygen atoms in total. The van der Waals surface area contributed by atoms with Crippen molar-refractivity contribution in [2.24, 2.45) is 0 Å². The number of nitrogens with one attached hydrogen (secondary N) is 1. The SMILES string of the molecule is C[C@@H](NC(=O)COC(=O)c1cnccn1)c1ccccc1. The summed E-state index contributed by atoms with van der Waals surface area (Å²) in [6, 6.07) is 9.36. The molecule has 0 unspecified atom stereocenters. The lowest BCUT2D eigenvalue weighted by Gasteiger charge is -2.14. The molecule has 2 aromatic rings. The molecule has 6 heteroatoms. The molecule has 0 aliphatic rings. The van der Waals surface area contributed by atoms with E-state index in [1.807, 2.05) is 37.3 Å². The quantitative estimate of drug-likeness (QED) is 0.842. The summed E-state index contributed by atoms with van der Waals surface area (Å²) < 4.78 is 4.87. The van der Waals surface area contributed by atoms with Crippen LogP contribution in [0.15, 0.2) is 48.9 Å². The van der Waals surface area contributed by atoms with E-state index in [-0.39, 0.29) is 24.2 Å². The molecule has 1 heterocycles. The third-order valence-electron chi connectivity index (χ3n) is 2.78. The molecule has 0 saturated carbocycles. The van der Waals surface area contributed by atoms with Gasteiger partial charge in [0.2, 0.25) is 0 Å². The molecule has 0 aliphatic heterocycles. The maximum atomic E-state index is 11.7. The van der Waals surface area contributed by atoms with Gasteiger partial charge in [-0.2, -0.15) is 0 Å². The second-order valence-electron chi connectivity index (χ2n) is 4.37. The van der Waals surface area contributed by atoms with Crippen LogP contribution < -0.4 is 5.32 Å². The first-order chi connectivity index (χ1) is 10.2. The number of aromatic nitrogens is 2. The second kappa shape index (κ2) is 7.14. The number of nitrogens with zero attached hydrogens (tertiary/aromatic N) is 2. The fraction of sp³-hybridized carbons (Fsp3) is 0.200. The second-order valence-corrected chi connectivity index (χ2v) is 4.37. The average molecular weight is 285 g/mol. The van der Waals surface area contributed by atoms with Crippen molar-refractivity contribution in [2.45, 2.75) is 13.0 Å². The van der Waals surface area contributed by atoms with E-state index in [9.17, 15) is 9.59 Å². The summed E-state index contributed by atoms with van der Waals surface area (Å²) in [4.78, 5) is 30.9. The molecular formula is C15H15N3O3. The average Bonchev–Trinajstić information content (AvgIpc) is 2.54. The molecule has 0 radical (unpaired) electrons. The molecule has 0 saturated heterocycles. The van der Waals surface area contributed by atoms with Crippen molar-refractivity contribution < 1.29 is 14.3 Å². The number of ether oxygens (including phenoxy) is 1. The van der Waals surface area contributed by atoms with Crippen molar-refractivity contribution in [3.63, 3.8) is 0 Å². The van der Waals surface area contributed by atoms with Gasteiger partial charge in [-0.05, 0) is 12.5 Å². The van der Waals surface area contributed by atoms with Crippen molar-refractivity contribution in [3.8, 4) is 0 Å². The van der Waals surface area contributed by atoms with E-state index in [4.69, 9.17) is 4.74 Å². The van der Waals surface area contributed by atoms with Crippen molar-refractivity contribution >= 4 is 11.9 Å². The molecule has 1 N–H and O–H groups in total. The fourth-order valence-corrected chi connectivity index (χ4v) is 1.72. The summed E-state index contributed by atoms with van der Waals surface area (Å²) in [5, 5.41) is 2.75. The van der Waals surface area contributed by atoms with Gasteiger partial charge in [0, 0.05) is 12.4 Å². The number of carbonyl (C=O) groups is 2. The van der Waals surface area contributed by atoms with Crippen molar-refractivity contribution in [1.82, 2.24) is 15.3 Å². The molecule has 108 valence electrons. The minimum Gasteiger partial charge on any atom is -0.451 e. The van der Waals surface area contributed by atoms with Crippen molar-refractivity contribution in [2.75, 3.05) is 6.61 Å². The van der Waals surface area contributed by atoms with E-state index >= 15 is 0 Å². The lowest BCUT2D eigenvalue weighted by molar-refractivity contribution is -0.124. The summed E-state index contributed by atoms with van der Waals surface area (Å²) in [5.74, 6) is -1.05. The van der Waals surface area contributed by atoms with Gasteiger partial charge in [-0.1, -0.05) is 30.3 Å². The predicted molar refractivity (Wildman–Crippen MR) is 75.3 cm³/mol. The lowest BCUT2D eigenvalue weighted by atomic mass is 10.1. The number of carbonyl (C=O) groups excluding carboxylic acids is 2. The zero-order valence-corrected chi connectivity index (χ0v) is 11.5. The number of benzene rings is 1. The van der Waals surface area contributed by atoms with E-state index < -0.39 is 5.97 Å². The molecule has 21 heavy (non-hydrogen) atoms. The highest BCUT2D eigenvalue weighted by atomic mass is 16.5. The highest BCUT2D eigenvalue weighted by Gasteiger charge is 2.13. The van der Waals surface area contributed by atoms with Crippen LogP contribution in [0.4, 0.5) is 0 Å². The van der Waals surface area contributed by atoms with Gasteiger partial charge >= 0.3 is 5.97 Å². The Labute approximate surface area is 122 Å². The van der Waals surface area contributed by atoms with Crippen LogP contribution in [0.5, 0.6) is 0 Å². The van der Waals surface area contributed by atoms with Crippen LogP contribution in [0.25, 0.3) is 0 Å². The first-order valence-electron chi connectivity index (χ1n) is 6.44. The van der Waals surface area contributed by atoms with Crippen LogP contribution in [-0.2, 0) is 9.53 Å². The molecule has 0 bridgehead atoms. The molecular weight excluding hydrogens is 270 g/mol. The van der Waals surface area contributed by atoms with Gasteiger partial charge in [0.15, 0.2) is 12.3 Å². The van der Waals surface area contributed by atoms with Crippen LogP contribution in [0.2, 0.25) is 0 Å². The molecule has 2 rings (SSSR count). The van der Waals surface area contributed by atoms with E-state index in [0.717, 1.165) is 5.56 Å². The Bertz CT molecular complexity index is 602. The molecule has 1 aromatic heterocycles. The largest absolute Gasteiger partial charge is 0.451 e. The van der Waals surface area contributed by atoms with Crippen LogP contribution in [0.1, 0.15) is 29.0 Å². The van der Waals surface area contributed by atoms with Gasteiger partial charge < -0.3 is 10.1 Å². The first kappa shape index (κ1) is 14.6. The number of esters is 1. The van der Waals surface area contributed by atoms with Crippen LogP contribution in [-0.4, -0.2) is 28.5 Å². The van der Waals surface area contributed by atoms with E-state index in [0.29, 0.717) is 0 Å². The molecule has 1 aromatic carbocycles. The molecule has 0 aliphatic carbocycles. The third-order valence-corrected chi connectivity index (χ3v) is 2.78. The van der Waals surface area contributed by atoms with Crippen molar-refractivity contribution in [1.29, 1.82) is 0 Å². The summed E-state index contributed by atoms with van der Waals surface area (Å²) in [7, 11) is 0. The number of rotatable bonds is 5. The standard InChI is InChI=1S/C15H15N3O3/c1-11(12-5-3-2-4-6-12)18-14(19)10-21-15(20)13-9-16-7-8-17-13/h2-9,11H,10H2,1H3,(H,18,19)/t11-/m1/s1. The maximum Gasteiger partial charge on any atom is 0.359 e. The molecule has 0 spiro atoms. The van der Waals surface area contributed by atoms with Crippen molar-refractivity contribution in [3.05, 3.63) is 60.2 Å². The number of amides is 1. The van der Waals surface area contributed by atoms with Crippen LogP contribution in [0.3, 0.4) is 0 Å². The summed E-state index contributed by atoms with van der Waals surface area (Å²) >= 11 is 0. The van der Waals surface area contributed by atoms with Gasteiger partial charge in [-0.3, -0.25) is 9.78 Å². The topological polar surface area (TPSA) is 81.2 Å². The van der Waals surface area contributed by atoms with Gasteiger partial charge in [-0.15, -0.1) is 0 Å². The summed E-state index contributed by atoms with van der Waals surface area (Å²) in [5.41, 5.74) is 1.05. The van der Waals surface area contributed by atoms with Crippen LogP contribution >= 0.6 is 0 Å². The van der Waals surface area contributed by atoms with E-state index in [1.165, 1.54) is 18.6 Å². The van der Waals surface area contributed by atoms with Gasteiger partial charge in [0.05, 0.1) is 12.2 Å². The Kier molecular flexibility index (Phi) is 4.98. The minimum atomic E-state index is -0.675. The minimum absolute atomic E-state index is 0.0707. The monoisotopic (exact) mass is 285 g/mol. The van der Waals surface area contributed by atoms with Gasteiger partial charge in [-0.25, -0.2) is 9.78 Å². The molecule has 1 atom stereocenters. The van der Waals surface area contributed by atoms with E-state index in [1.54, 1.807) is 0 Å². The smallest absolute Gasteiger partial charge is 0.359 e. The third kappa shape index (κ3) is 4.38. The van der Waals surface area contributed by atoms with Gasteiger partial charge in [0.25, 0.3) is 5.91 Å². The van der Waals surface area contributed by atoms with Crippen LogP contribution in [0, 0.1) is 0 Å². The normalized spacial score (nSPS) is 11.5. The first-order valence-corrected chi connectivity index (χ1v) is 6.44. The van der Waals surface area contributed by atoms with Gasteiger partial charge in [0.1, 0.15) is 0 Å². The summed E-state index contributed by atoms with van der Waals surface area (Å²) in [6.45, 7) is 1.50. The zero-order chi connectivity index (χ0) is 15.1. The molecule has 0 fully saturated rings. The number of hydrogen-bond donors (Lipinski definition) is 1. The Morgan fingerprint density at radius 2 is 2.00 bits per heavy atom. The summed E-state index contributed by atoms with van der Waals surface area (Å²) in [6.07, 6.45) is 4.12. The Hall–Kier alpha value is -2.76. The maximum absolute atomic E-state index is 11.7. The Morgan fingerprint density at radius 1 is 1.24 bits per heavy atom. The zero-order valence-electron chi connectivity index (χ0n) is 11.5.